The van der Waals surface area contributed by atoms with Crippen LogP contribution < -0.4 is 5.32 Å². The molecule has 0 bridgehead atoms. The Morgan fingerprint density at radius 1 is 1.50 bits per heavy atom. The average molecular weight is 226 g/mol. The minimum absolute atomic E-state index is 0.111. The van der Waals surface area contributed by atoms with Crippen LogP contribution in [-0.4, -0.2) is 47.2 Å². The second-order valence-corrected chi connectivity index (χ2v) is 5.45. The maximum absolute atomic E-state index is 11.0. The van der Waals surface area contributed by atoms with Gasteiger partial charge in [0.05, 0.1) is 12.0 Å². The topological polar surface area (TPSA) is 52.6 Å². The maximum atomic E-state index is 11.0. The van der Waals surface area contributed by atoms with Crippen LogP contribution in [0.2, 0.25) is 0 Å². The number of carbonyl (C=O) groups is 1. The van der Waals surface area contributed by atoms with E-state index >= 15 is 0 Å². The Bertz CT molecular complexity index is 276. The van der Waals surface area contributed by atoms with Crippen molar-refractivity contribution in [2.24, 2.45) is 5.92 Å². The van der Waals surface area contributed by atoms with Crippen molar-refractivity contribution >= 4 is 5.97 Å². The van der Waals surface area contributed by atoms with Gasteiger partial charge in [-0.05, 0) is 32.2 Å². The SMILES string of the molecule is CC1CCCN(C2(CC(=O)O)CNC2)C1C. The van der Waals surface area contributed by atoms with Crippen molar-refractivity contribution in [2.75, 3.05) is 19.6 Å². The first kappa shape index (κ1) is 11.9. The lowest BCUT2D eigenvalue weighted by Gasteiger charge is -2.55. The third-order valence-electron chi connectivity index (χ3n) is 4.37. The zero-order chi connectivity index (χ0) is 11.8. The molecule has 4 heteroatoms. The summed E-state index contributed by atoms with van der Waals surface area (Å²) in [6, 6.07) is 0.509. The van der Waals surface area contributed by atoms with E-state index in [2.05, 4.69) is 24.1 Å². The number of nitrogens with one attached hydrogen (secondary N) is 1. The van der Waals surface area contributed by atoms with E-state index in [-0.39, 0.29) is 12.0 Å². The molecule has 0 aromatic heterocycles. The van der Waals surface area contributed by atoms with E-state index in [1.807, 2.05) is 0 Å². The molecular weight excluding hydrogens is 204 g/mol. The minimum Gasteiger partial charge on any atom is -0.481 e. The Morgan fingerprint density at radius 2 is 2.19 bits per heavy atom. The van der Waals surface area contributed by atoms with Gasteiger partial charge in [-0.3, -0.25) is 9.69 Å². The number of carboxylic acid groups (broad SMARTS) is 1. The molecule has 2 heterocycles. The van der Waals surface area contributed by atoms with Crippen molar-refractivity contribution in [1.29, 1.82) is 0 Å². The van der Waals surface area contributed by atoms with Gasteiger partial charge in [-0.1, -0.05) is 6.92 Å². The van der Waals surface area contributed by atoms with Crippen molar-refractivity contribution in [3.63, 3.8) is 0 Å². The Hall–Kier alpha value is -0.610. The summed E-state index contributed by atoms with van der Waals surface area (Å²) in [5.41, 5.74) is -0.111. The van der Waals surface area contributed by atoms with Gasteiger partial charge in [-0.2, -0.15) is 0 Å². The Labute approximate surface area is 97.0 Å². The summed E-state index contributed by atoms with van der Waals surface area (Å²) in [4.78, 5) is 13.4. The number of hydrogen-bond acceptors (Lipinski definition) is 3. The van der Waals surface area contributed by atoms with Gasteiger partial charge in [0, 0.05) is 19.1 Å². The molecule has 2 atom stereocenters. The number of hydrogen-bond donors (Lipinski definition) is 2. The maximum Gasteiger partial charge on any atom is 0.305 e. The Kier molecular flexibility index (Phi) is 3.22. The summed E-state index contributed by atoms with van der Waals surface area (Å²) in [6.45, 7) is 7.23. The van der Waals surface area contributed by atoms with Crippen LogP contribution in [0.5, 0.6) is 0 Å². The molecule has 0 radical (unpaired) electrons. The molecule has 92 valence electrons. The van der Waals surface area contributed by atoms with E-state index in [0.717, 1.165) is 19.6 Å². The van der Waals surface area contributed by atoms with Crippen LogP contribution in [-0.2, 0) is 4.79 Å². The first-order valence-electron chi connectivity index (χ1n) is 6.24. The van der Waals surface area contributed by atoms with Gasteiger partial charge < -0.3 is 10.4 Å². The highest BCUT2D eigenvalue weighted by Gasteiger charge is 2.47. The van der Waals surface area contributed by atoms with E-state index in [1.54, 1.807) is 0 Å². The molecule has 0 amide bonds. The molecule has 0 spiro atoms. The second kappa shape index (κ2) is 4.34. The normalized spacial score (nSPS) is 34.4. The fraction of sp³-hybridized carbons (Fsp3) is 0.917. The zero-order valence-electron chi connectivity index (χ0n) is 10.2. The first-order valence-corrected chi connectivity index (χ1v) is 6.24. The third kappa shape index (κ3) is 1.96. The summed E-state index contributed by atoms with van der Waals surface area (Å²) in [5.74, 6) is 0.00643. The van der Waals surface area contributed by atoms with Gasteiger partial charge in [-0.15, -0.1) is 0 Å². The van der Waals surface area contributed by atoms with E-state index in [4.69, 9.17) is 5.11 Å². The molecule has 0 aromatic rings. The number of aliphatic carboxylic acids is 1. The van der Waals surface area contributed by atoms with Crippen LogP contribution in [0.15, 0.2) is 0 Å². The van der Waals surface area contributed by atoms with E-state index < -0.39 is 5.97 Å². The van der Waals surface area contributed by atoms with Crippen LogP contribution in [0, 0.1) is 5.92 Å². The van der Waals surface area contributed by atoms with Gasteiger partial charge >= 0.3 is 5.97 Å². The summed E-state index contributed by atoms with van der Waals surface area (Å²) in [5, 5.41) is 12.3. The number of piperidine rings is 1. The van der Waals surface area contributed by atoms with Crippen molar-refractivity contribution in [2.45, 2.75) is 44.7 Å². The van der Waals surface area contributed by atoms with Crippen molar-refractivity contribution in [1.82, 2.24) is 10.2 Å². The highest BCUT2D eigenvalue weighted by atomic mass is 16.4. The molecule has 2 unspecified atom stereocenters. The fourth-order valence-electron chi connectivity index (χ4n) is 3.13. The predicted molar refractivity (Wildman–Crippen MR) is 62.4 cm³/mol. The fourth-order valence-corrected chi connectivity index (χ4v) is 3.13. The molecule has 0 saturated carbocycles. The predicted octanol–water partition coefficient (Wildman–Crippen LogP) is 0.924. The zero-order valence-corrected chi connectivity index (χ0v) is 10.2. The highest BCUT2D eigenvalue weighted by Crippen LogP contribution is 2.34. The molecule has 2 aliphatic heterocycles. The standard InChI is InChI=1S/C12H22N2O2/c1-9-4-3-5-14(10(9)2)12(6-11(15)16)7-13-8-12/h9-10,13H,3-8H2,1-2H3,(H,15,16). The summed E-state index contributed by atoms with van der Waals surface area (Å²) < 4.78 is 0. The molecule has 0 aromatic carbocycles. The lowest BCUT2D eigenvalue weighted by Crippen LogP contribution is -2.72. The molecule has 2 saturated heterocycles. The molecule has 2 fully saturated rings. The van der Waals surface area contributed by atoms with E-state index in [1.165, 1.54) is 12.8 Å². The number of rotatable bonds is 3. The van der Waals surface area contributed by atoms with Gasteiger partial charge in [0.15, 0.2) is 0 Å². The van der Waals surface area contributed by atoms with Crippen LogP contribution in [0.4, 0.5) is 0 Å². The molecule has 2 aliphatic rings. The number of carboxylic acids is 1. The monoisotopic (exact) mass is 226 g/mol. The summed E-state index contributed by atoms with van der Waals surface area (Å²) >= 11 is 0. The summed E-state index contributed by atoms with van der Waals surface area (Å²) in [7, 11) is 0. The molecular formula is C12H22N2O2. The first-order chi connectivity index (χ1) is 7.55. The lowest BCUT2D eigenvalue weighted by molar-refractivity contribution is -0.143. The number of nitrogens with zero attached hydrogens (tertiary/aromatic N) is 1. The Morgan fingerprint density at radius 3 is 2.69 bits per heavy atom. The van der Waals surface area contributed by atoms with Crippen LogP contribution in [0.25, 0.3) is 0 Å². The quantitative estimate of drug-likeness (QED) is 0.751. The Balaban J connectivity index is 2.10. The van der Waals surface area contributed by atoms with E-state index in [9.17, 15) is 4.79 Å². The molecule has 2 rings (SSSR count). The molecule has 0 aliphatic carbocycles. The summed E-state index contributed by atoms with van der Waals surface area (Å²) in [6.07, 6.45) is 2.75. The average Bonchev–Trinajstić information content (AvgIpc) is 2.16. The van der Waals surface area contributed by atoms with Crippen molar-refractivity contribution in [3.05, 3.63) is 0 Å². The van der Waals surface area contributed by atoms with Crippen LogP contribution >= 0.6 is 0 Å². The molecule has 2 N–H and O–H groups in total. The smallest absolute Gasteiger partial charge is 0.305 e. The molecule has 4 nitrogen and oxygen atoms in total. The largest absolute Gasteiger partial charge is 0.481 e. The van der Waals surface area contributed by atoms with Crippen LogP contribution in [0.1, 0.15) is 33.1 Å². The third-order valence-corrected chi connectivity index (χ3v) is 4.37. The lowest BCUT2D eigenvalue weighted by atomic mass is 9.80. The molecule has 16 heavy (non-hydrogen) atoms. The van der Waals surface area contributed by atoms with Gasteiger partial charge in [0.2, 0.25) is 0 Å². The van der Waals surface area contributed by atoms with Crippen molar-refractivity contribution < 1.29 is 9.90 Å². The van der Waals surface area contributed by atoms with Gasteiger partial charge in [-0.25, -0.2) is 0 Å². The van der Waals surface area contributed by atoms with Gasteiger partial charge in [0.1, 0.15) is 0 Å². The minimum atomic E-state index is -0.674. The second-order valence-electron chi connectivity index (χ2n) is 5.45. The van der Waals surface area contributed by atoms with Gasteiger partial charge in [0.25, 0.3) is 0 Å². The highest BCUT2D eigenvalue weighted by molar-refractivity contribution is 5.69. The number of likely N-dealkylation sites (tertiary alicyclic amines) is 1. The van der Waals surface area contributed by atoms with Crippen molar-refractivity contribution in [3.8, 4) is 0 Å². The van der Waals surface area contributed by atoms with E-state index in [0.29, 0.717) is 12.0 Å². The van der Waals surface area contributed by atoms with Crippen LogP contribution in [0.3, 0.4) is 0 Å².